The Bertz CT molecular complexity index is 905. The number of methoxy groups -OCH3 is 1. The van der Waals surface area contributed by atoms with Crippen LogP contribution in [0.4, 0.5) is 5.82 Å². The van der Waals surface area contributed by atoms with Crippen LogP contribution in [0.1, 0.15) is 5.56 Å². The van der Waals surface area contributed by atoms with E-state index in [-0.39, 0.29) is 0 Å². The minimum absolute atomic E-state index is 0.833. The molecule has 2 heterocycles. The molecule has 0 unspecified atom stereocenters. The largest absolute Gasteiger partial charge is 0.496 e. The van der Waals surface area contributed by atoms with Crippen LogP contribution in [0.15, 0.2) is 46.9 Å². The summed E-state index contributed by atoms with van der Waals surface area (Å²) < 4.78 is 9.77. The number of halogens is 2. The first kappa shape index (κ1) is 16.0. The molecule has 0 atom stereocenters. The number of nitrogens with one attached hydrogen (secondary N) is 1. The van der Waals surface area contributed by atoms with E-state index in [1.54, 1.807) is 7.11 Å². The molecule has 1 aliphatic heterocycles. The highest BCUT2D eigenvalue weighted by atomic mass is 127. The van der Waals surface area contributed by atoms with Gasteiger partial charge in [0.25, 0.3) is 0 Å². The minimum atomic E-state index is 0.833. The van der Waals surface area contributed by atoms with Crippen molar-refractivity contribution in [2.45, 2.75) is 6.42 Å². The van der Waals surface area contributed by atoms with Crippen molar-refractivity contribution in [3.8, 4) is 22.7 Å². The van der Waals surface area contributed by atoms with Crippen molar-refractivity contribution in [3.63, 3.8) is 0 Å². The molecular weight excluding hydrogens is 481 g/mol. The molecule has 3 aromatic rings. The van der Waals surface area contributed by atoms with Gasteiger partial charge in [0.1, 0.15) is 17.3 Å². The normalized spacial score (nSPS) is 12.8. The third-order valence-electron chi connectivity index (χ3n) is 4.14. The van der Waals surface area contributed by atoms with E-state index >= 15 is 0 Å². The van der Waals surface area contributed by atoms with Gasteiger partial charge in [-0.1, -0.05) is 15.9 Å². The average Bonchev–Trinajstić information content (AvgIpc) is 3.18. The predicted octanol–water partition coefficient (Wildman–Crippen LogP) is 4.88. The highest BCUT2D eigenvalue weighted by Gasteiger charge is 2.25. The monoisotopic (exact) mass is 495 g/mol. The lowest BCUT2D eigenvalue weighted by molar-refractivity contribution is 0.416. The van der Waals surface area contributed by atoms with Crippen molar-refractivity contribution in [1.82, 2.24) is 9.78 Å². The summed E-state index contributed by atoms with van der Waals surface area (Å²) in [6, 6.07) is 14.4. The molecule has 0 aliphatic carbocycles. The zero-order valence-corrected chi connectivity index (χ0v) is 16.8. The summed E-state index contributed by atoms with van der Waals surface area (Å²) in [5, 5.41) is 8.37. The number of hydrogen-bond acceptors (Lipinski definition) is 3. The standard InChI is InChI=1S/C18H15BrIN3O/c1-24-16-7-2-11(19)10-15(16)17-14-8-9-21-18(14)23(22-17)13-5-3-12(20)4-6-13/h2-7,10,21H,8-9H2,1H3. The maximum Gasteiger partial charge on any atom is 0.133 e. The fourth-order valence-electron chi connectivity index (χ4n) is 3.03. The Balaban J connectivity index is 1.91. The molecule has 0 saturated heterocycles. The fraction of sp³-hybridized carbons (Fsp3) is 0.167. The number of aromatic nitrogens is 2. The Morgan fingerprint density at radius 2 is 2.00 bits per heavy atom. The molecule has 24 heavy (non-hydrogen) atoms. The molecule has 0 fully saturated rings. The van der Waals surface area contributed by atoms with Crippen molar-refractivity contribution in [1.29, 1.82) is 0 Å². The lowest BCUT2D eigenvalue weighted by Crippen LogP contribution is -2.04. The first-order valence-corrected chi connectivity index (χ1v) is 9.50. The van der Waals surface area contributed by atoms with E-state index in [1.807, 2.05) is 16.8 Å². The maximum atomic E-state index is 5.55. The first-order valence-electron chi connectivity index (χ1n) is 7.63. The smallest absolute Gasteiger partial charge is 0.133 e. The Labute approximate surface area is 162 Å². The van der Waals surface area contributed by atoms with Crippen LogP contribution in [-0.4, -0.2) is 23.4 Å². The lowest BCUT2D eigenvalue weighted by Gasteiger charge is -2.08. The molecular formula is C18H15BrIN3O. The molecule has 0 radical (unpaired) electrons. The van der Waals surface area contributed by atoms with Crippen LogP contribution >= 0.6 is 38.5 Å². The van der Waals surface area contributed by atoms with E-state index in [0.717, 1.165) is 46.0 Å². The van der Waals surface area contributed by atoms with Gasteiger partial charge in [0.2, 0.25) is 0 Å². The second-order valence-corrected chi connectivity index (χ2v) is 7.75. The average molecular weight is 496 g/mol. The summed E-state index contributed by atoms with van der Waals surface area (Å²) in [6.45, 7) is 0.931. The van der Waals surface area contributed by atoms with Gasteiger partial charge in [-0.25, -0.2) is 4.68 Å². The Morgan fingerprint density at radius 3 is 2.75 bits per heavy atom. The topological polar surface area (TPSA) is 39.1 Å². The van der Waals surface area contributed by atoms with Crippen LogP contribution in [0.5, 0.6) is 5.75 Å². The van der Waals surface area contributed by atoms with Gasteiger partial charge in [0.15, 0.2) is 0 Å². The quantitative estimate of drug-likeness (QED) is 0.526. The number of rotatable bonds is 3. The zero-order valence-electron chi connectivity index (χ0n) is 13.0. The summed E-state index contributed by atoms with van der Waals surface area (Å²) in [5.74, 6) is 1.91. The van der Waals surface area contributed by atoms with Gasteiger partial charge in [-0.05, 0) is 71.5 Å². The molecule has 2 aromatic carbocycles. The predicted molar refractivity (Wildman–Crippen MR) is 108 cm³/mol. The van der Waals surface area contributed by atoms with E-state index in [4.69, 9.17) is 9.84 Å². The molecule has 1 N–H and O–H groups in total. The van der Waals surface area contributed by atoms with Gasteiger partial charge in [-0.15, -0.1) is 0 Å². The number of nitrogens with zero attached hydrogens (tertiary/aromatic N) is 2. The van der Waals surface area contributed by atoms with E-state index in [2.05, 4.69) is 74.2 Å². The summed E-state index contributed by atoms with van der Waals surface area (Å²) in [6.07, 6.45) is 0.963. The molecule has 6 heteroatoms. The van der Waals surface area contributed by atoms with Crippen molar-refractivity contribution in [2.24, 2.45) is 0 Å². The van der Waals surface area contributed by atoms with Gasteiger partial charge >= 0.3 is 0 Å². The van der Waals surface area contributed by atoms with Gasteiger partial charge in [-0.3, -0.25) is 0 Å². The highest BCUT2D eigenvalue weighted by Crippen LogP contribution is 2.39. The Morgan fingerprint density at radius 1 is 1.21 bits per heavy atom. The second kappa shape index (κ2) is 6.40. The molecule has 0 saturated carbocycles. The molecule has 122 valence electrons. The number of hydrogen-bond donors (Lipinski definition) is 1. The molecule has 4 nitrogen and oxygen atoms in total. The van der Waals surface area contributed by atoms with E-state index in [1.165, 1.54) is 9.13 Å². The number of ether oxygens (including phenoxy) is 1. The van der Waals surface area contributed by atoms with Gasteiger partial charge < -0.3 is 10.1 Å². The van der Waals surface area contributed by atoms with Gasteiger partial charge in [0, 0.05) is 25.7 Å². The van der Waals surface area contributed by atoms with Gasteiger partial charge in [-0.2, -0.15) is 5.10 Å². The summed E-state index contributed by atoms with van der Waals surface area (Å²) in [7, 11) is 1.70. The molecule has 1 aromatic heterocycles. The van der Waals surface area contributed by atoms with E-state index in [9.17, 15) is 0 Å². The third kappa shape index (κ3) is 2.71. The van der Waals surface area contributed by atoms with Crippen LogP contribution in [0.2, 0.25) is 0 Å². The van der Waals surface area contributed by atoms with Crippen LogP contribution in [-0.2, 0) is 6.42 Å². The molecule has 4 rings (SSSR count). The van der Waals surface area contributed by atoms with Crippen LogP contribution < -0.4 is 10.1 Å². The highest BCUT2D eigenvalue weighted by molar-refractivity contribution is 14.1. The van der Waals surface area contributed by atoms with Crippen molar-refractivity contribution in [3.05, 3.63) is 56.1 Å². The van der Waals surface area contributed by atoms with Crippen LogP contribution in [0.3, 0.4) is 0 Å². The summed E-state index contributed by atoms with van der Waals surface area (Å²) >= 11 is 5.87. The fourth-order valence-corrected chi connectivity index (χ4v) is 3.75. The second-order valence-electron chi connectivity index (χ2n) is 5.59. The summed E-state index contributed by atoms with van der Waals surface area (Å²) in [4.78, 5) is 0. The summed E-state index contributed by atoms with van der Waals surface area (Å²) in [5.41, 5.74) is 4.29. The number of anilines is 1. The van der Waals surface area contributed by atoms with Crippen molar-refractivity contribution in [2.75, 3.05) is 19.0 Å². The molecule has 0 amide bonds. The first-order chi connectivity index (χ1) is 11.7. The SMILES string of the molecule is COc1ccc(Br)cc1-c1nn(-c2ccc(I)cc2)c2c1CCN2. The van der Waals surface area contributed by atoms with Gasteiger partial charge in [0.05, 0.1) is 12.8 Å². The molecule has 0 spiro atoms. The zero-order chi connectivity index (χ0) is 16.7. The van der Waals surface area contributed by atoms with Crippen LogP contribution in [0, 0.1) is 3.57 Å². The van der Waals surface area contributed by atoms with Crippen molar-refractivity contribution < 1.29 is 4.74 Å². The molecule has 1 aliphatic rings. The lowest BCUT2D eigenvalue weighted by atomic mass is 10.1. The van der Waals surface area contributed by atoms with E-state index < -0.39 is 0 Å². The number of fused-ring (bicyclic) bond motifs is 1. The Hall–Kier alpha value is -1.54. The van der Waals surface area contributed by atoms with Crippen LogP contribution in [0.25, 0.3) is 16.9 Å². The minimum Gasteiger partial charge on any atom is -0.496 e. The number of benzene rings is 2. The molecule has 0 bridgehead atoms. The van der Waals surface area contributed by atoms with E-state index in [0.29, 0.717) is 0 Å². The third-order valence-corrected chi connectivity index (χ3v) is 5.35. The Kier molecular flexibility index (Phi) is 4.26. The van der Waals surface area contributed by atoms with Crippen molar-refractivity contribution >= 4 is 44.3 Å². The maximum absolute atomic E-state index is 5.55.